The van der Waals surface area contributed by atoms with Crippen LogP contribution in [-0.2, 0) is 4.79 Å². The molecule has 1 saturated heterocycles. The minimum absolute atomic E-state index is 0. The number of nitrogens with zero attached hydrogens (tertiary/aromatic N) is 1. The molecule has 18 heavy (non-hydrogen) atoms. The quantitative estimate of drug-likeness (QED) is 0.867. The first-order valence-corrected chi connectivity index (χ1v) is 7.10. The summed E-state index contributed by atoms with van der Waals surface area (Å²) in [5.41, 5.74) is 0.960. The highest BCUT2D eigenvalue weighted by atomic mass is 35.5. The van der Waals surface area contributed by atoms with Gasteiger partial charge in [0.25, 0.3) is 0 Å². The number of carbonyl (C=O) groups is 1. The number of thioether (sulfide) groups is 1. The van der Waals surface area contributed by atoms with Crippen LogP contribution in [0.3, 0.4) is 0 Å². The number of anilines is 1. The second-order valence-electron chi connectivity index (χ2n) is 4.24. The normalized spacial score (nSPS) is 18.2. The molecule has 0 saturated carbocycles. The smallest absolute Gasteiger partial charge is 0.243 e. The third-order valence-electron chi connectivity index (χ3n) is 3.15. The summed E-state index contributed by atoms with van der Waals surface area (Å²) < 4.78 is 0. The molecule has 3 nitrogen and oxygen atoms in total. The van der Waals surface area contributed by atoms with Crippen LogP contribution in [0.15, 0.2) is 29.2 Å². The minimum Gasteiger partial charge on any atom is -0.314 e. The maximum atomic E-state index is 12.2. The van der Waals surface area contributed by atoms with Crippen molar-refractivity contribution < 1.29 is 4.79 Å². The Morgan fingerprint density at radius 1 is 1.39 bits per heavy atom. The summed E-state index contributed by atoms with van der Waals surface area (Å²) in [4.78, 5) is 15.1. The number of hydrogen-bond donors (Lipinski definition) is 1. The van der Waals surface area contributed by atoms with Crippen molar-refractivity contribution in [3.05, 3.63) is 24.3 Å². The standard InChI is InChI=1S/C13H18N2OS.ClH/c1-15(13(16)12-4-3-9-14-12)10-5-7-11(17-2)8-6-10;/h5-8,12,14H,3-4,9H2,1-2H3;1H. The van der Waals surface area contributed by atoms with E-state index in [1.807, 2.05) is 37.6 Å². The van der Waals surface area contributed by atoms with E-state index in [-0.39, 0.29) is 24.4 Å². The van der Waals surface area contributed by atoms with Crippen molar-refractivity contribution in [3.8, 4) is 0 Å². The Balaban J connectivity index is 0.00000162. The fourth-order valence-corrected chi connectivity index (χ4v) is 2.47. The van der Waals surface area contributed by atoms with Crippen LogP contribution >= 0.6 is 24.2 Å². The van der Waals surface area contributed by atoms with E-state index in [4.69, 9.17) is 0 Å². The van der Waals surface area contributed by atoms with Crippen LogP contribution < -0.4 is 10.2 Å². The first-order valence-electron chi connectivity index (χ1n) is 5.87. The number of rotatable bonds is 3. The van der Waals surface area contributed by atoms with Crippen LogP contribution in [0.25, 0.3) is 0 Å². The molecule has 0 radical (unpaired) electrons. The molecule has 1 N–H and O–H groups in total. The van der Waals surface area contributed by atoms with Gasteiger partial charge in [-0.3, -0.25) is 4.79 Å². The van der Waals surface area contributed by atoms with Gasteiger partial charge in [0.15, 0.2) is 0 Å². The highest BCUT2D eigenvalue weighted by Gasteiger charge is 2.25. The molecule has 0 aliphatic carbocycles. The monoisotopic (exact) mass is 286 g/mol. The predicted molar refractivity (Wildman–Crippen MR) is 79.9 cm³/mol. The molecule has 1 heterocycles. The van der Waals surface area contributed by atoms with Crippen LogP contribution in [0.4, 0.5) is 5.69 Å². The molecule has 1 atom stereocenters. The lowest BCUT2D eigenvalue weighted by atomic mass is 10.2. The zero-order valence-electron chi connectivity index (χ0n) is 10.7. The lowest BCUT2D eigenvalue weighted by Gasteiger charge is -2.21. The van der Waals surface area contributed by atoms with E-state index >= 15 is 0 Å². The third-order valence-corrected chi connectivity index (χ3v) is 3.89. The van der Waals surface area contributed by atoms with E-state index in [0.29, 0.717) is 0 Å². The van der Waals surface area contributed by atoms with Gasteiger partial charge in [0, 0.05) is 17.6 Å². The summed E-state index contributed by atoms with van der Waals surface area (Å²) >= 11 is 1.71. The van der Waals surface area contributed by atoms with Gasteiger partial charge >= 0.3 is 0 Å². The van der Waals surface area contributed by atoms with Crippen molar-refractivity contribution in [1.82, 2.24) is 5.32 Å². The van der Waals surface area contributed by atoms with Gasteiger partial charge in [0.1, 0.15) is 0 Å². The van der Waals surface area contributed by atoms with Gasteiger partial charge in [-0.2, -0.15) is 0 Å². The first kappa shape index (κ1) is 15.3. The molecule has 100 valence electrons. The molecule has 1 aromatic carbocycles. The molecule has 1 fully saturated rings. The second kappa shape index (κ2) is 7.02. The second-order valence-corrected chi connectivity index (χ2v) is 5.12. The van der Waals surface area contributed by atoms with Crippen molar-refractivity contribution in [1.29, 1.82) is 0 Å². The van der Waals surface area contributed by atoms with Crippen molar-refractivity contribution in [2.45, 2.75) is 23.8 Å². The molecule has 1 aromatic rings. The molecule has 0 aromatic heterocycles. The van der Waals surface area contributed by atoms with E-state index in [1.54, 1.807) is 16.7 Å². The summed E-state index contributed by atoms with van der Waals surface area (Å²) in [5, 5.41) is 3.23. The van der Waals surface area contributed by atoms with E-state index in [9.17, 15) is 4.79 Å². The fraction of sp³-hybridized carbons (Fsp3) is 0.462. The highest BCUT2D eigenvalue weighted by molar-refractivity contribution is 7.98. The molecule has 5 heteroatoms. The maximum Gasteiger partial charge on any atom is 0.243 e. The van der Waals surface area contributed by atoms with E-state index in [0.717, 1.165) is 25.1 Å². The topological polar surface area (TPSA) is 32.3 Å². The van der Waals surface area contributed by atoms with Crippen molar-refractivity contribution >= 4 is 35.8 Å². The molecule has 1 aliphatic heterocycles. The van der Waals surface area contributed by atoms with E-state index in [1.165, 1.54) is 4.90 Å². The highest BCUT2D eigenvalue weighted by Crippen LogP contribution is 2.21. The van der Waals surface area contributed by atoms with Crippen LogP contribution in [0.5, 0.6) is 0 Å². The van der Waals surface area contributed by atoms with Crippen LogP contribution in [-0.4, -0.2) is 31.8 Å². The largest absolute Gasteiger partial charge is 0.314 e. The number of carbonyl (C=O) groups excluding carboxylic acids is 1. The van der Waals surface area contributed by atoms with Crippen molar-refractivity contribution in [2.24, 2.45) is 0 Å². The SMILES string of the molecule is CSc1ccc(N(C)C(=O)C2CCCN2)cc1.Cl. The van der Waals surface area contributed by atoms with E-state index < -0.39 is 0 Å². The Morgan fingerprint density at radius 3 is 2.56 bits per heavy atom. The number of amides is 1. The minimum atomic E-state index is 0. The summed E-state index contributed by atoms with van der Waals surface area (Å²) in [5.74, 6) is 0.166. The first-order chi connectivity index (χ1) is 8.22. The third kappa shape index (κ3) is 3.40. The number of nitrogens with one attached hydrogen (secondary N) is 1. The molecule has 0 spiro atoms. The average Bonchev–Trinajstić information content (AvgIpc) is 2.91. The number of likely N-dealkylation sites (N-methyl/N-ethyl adjacent to an activating group) is 1. The van der Waals surface area contributed by atoms with Crippen molar-refractivity contribution in [2.75, 3.05) is 24.7 Å². The van der Waals surface area contributed by atoms with Crippen LogP contribution in [0, 0.1) is 0 Å². The number of halogens is 1. The van der Waals surface area contributed by atoms with Crippen molar-refractivity contribution in [3.63, 3.8) is 0 Å². The summed E-state index contributed by atoms with van der Waals surface area (Å²) in [7, 11) is 1.84. The fourth-order valence-electron chi connectivity index (χ4n) is 2.06. The van der Waals surface area contributed by atoms with Gasteiger partial charge in [0.05, 0.1) is 6.04 Å². The average molecular weight is 287 g/mol. The molecule has 2 rings (SSSR count). The summed E-state index contributed by atoms with van der Waals surface area (Å²) in [6.45, 7) is 0.954. The van der Waals surface area contributed by atoms with Gasteiger partial charge in [-0.1, -0.05) is 0 Å². The molecule has 1 amide bonds. The van der Waals surface area contributed by atoms with Gasteiger partial charge < -0.3 is 10.2 Å². The van der Waals surface area contributed by atoms with Gasteiger partial charge in [-0.15, -0.1) is 24.2 Å². The van der Waals surface area contributed by atoms with Crippen LogP contribution in [0.1, 0.15) is 12.8 Å². The van der Waals surface area contributed by atoms with E-state index in [2.05, 4.69) is 5.32 Å². The maximum absolute atomic E-state index is 12.2. The lowest BCUT2D eigenvalue weighted by molar-refractivity contribution is -0.119. The number of hydrogen-bond acceptors (Lipinski definition) is 3. The molecular weight excluding hydrogens is 268 g/mol. The number of benzene rings is 1. The summed E-state index contributed by atoms with van der Waals surface area (Å²) in [6, 6.07) is 8.09. The molecule has 1 aliphatic rings. The molecular formula is C13H19ClN2OS. The summed E-state index contributed by atoms with van der Waals surface area (Å²) in [6.07, 6.45) is 4.09. The van der Waals surface area contributed by atoms with Gasteiger partial charge in [0.2, 0.25) is 5.91 Å². The Hall–Kier alpha value is -0.710. The Morgan fingerprint density at radius 2 is 2.06 bits per heavy atom. The zero-order chi connectivity index (χ0) is 12.3. The van der Waals surface area contributed by atoms with Gasteiger partial charge in [-0.05, 0) is 49.9 Å². The van der Waals surface area contributed by atoms with Crippen LogP contribution in [0.2, 0.25) is 0 Å². The molecule has 1 unspecified atom stereocenters. The zero-order valence-corrected chi connectivity index (χ0v) is 12.3. The Kier molecular flexibility index (Phi) is 5.99. The Labute approximate surface area is 119 Å². The molecule has 0 bridgehead atoms. The van der Waals surface area contributed by atoms with Gasteiger partial charge in [-0.25, -0.2) is 0 Å². The lowest BCUT2D eigenvalue weighted by Crippen LogP contribution is -2.41. The predicted octanol–water partition coefficient (Wildman–Crippen LogP) is 2.55. The Bertz CT molecular complexity index is 390.